The number of ketones is 1. The molecule has 1 fully saturated rings. The number of Topliss-reactive ketones (excluding diaryl/α,β-unsaturated/α-hetero) is 1. The van der Waals surface area contributed by atoms with E-state index in [9.17, 15) is 9.59 Å². The quantitative estimate of drug-likeness (QED) is 0.469. The minimum absolute atomic E-state index is 0.000517. The van der Waals surface area contributed by atoms with Crippen molar-refractivity contribution < 1.29 is 18.7 Å². The number of aryl methyl sites for hydroxylation is 1. The molecule has 7 nitrogen and oxygen atoms in total. The van der Waals surface area contributed by atoms with Crippen molar-refractivity contribution in [2.24, 2.45) is 0 Å². The Hall–Kier alpha value is -3.13. The van der Waals surface area contributed by atoms with Crippen LogP contribution in [0.5, 0.6) is 0 Å². The first-order chi connectivity index (χ1) is 16.9. The van der Waals surface area contributed by atoms with Gasteiger partial charge in [-0.1, -0.05) is 25.8 Å². The molecule has 1 aliphatic heterocycles. The monoisotopic (exact) mass is 480 g/mol. The molecule has 1 aliphatic rings. The summed E-state index contributed by atoms with van der Waals surface area (Å²) in [4.78, 5) is 31.9. The van der Waals surface area contributed by atoms with E-state index in [1.165, 1.54) is 6.07 Å². The number of fused-ring (bicyclic) bond motifs is 1. The minimum atomic E-state index is -0.446. The van der Waals surface area contributed by atoms with E-state index in [0.717, 1.165) is 37.9 Å². The fourth-order valence-electron chi connectivity index (χ4n) is 4.66. The summed E-state index contributed by atoms with van der Waals surface area (Å²) >= 11 is 0. The number of nitrogens with zero attached hydrogens (tertiary/aromatic N) is 4. The first-order valence-electron chi connectivity index (χ1n) is 12.4. The largest absolute Gasteiger partial charge is 0.384 e. The van der Waals surface area contributed by atoms with Gasteiger partial charge in [-0.05, 0) is 49.9 Å². The second-order valence-corrected chi connectivity index (χ2v) is 9.26. The lowest BCUT2D eigenvalue weighted by molar-refractivity contribution is -0.119. The number of hydrogen-bond acceptors (Lipinski definition) is 5. The predicted octanol–water partition coefficient (Wildman–Crippen LogP) is 4.65. The Bertz CT molecular complexity index is 1220. The van der Waals surface area contributed by atoms with Gasteiger partial charge in [0.15, 0.2) is 5.65 Å². The third kappa shape index (κ3) is 5.59. The topological polar surface area (TPSA) is 76.8 Å². The maximum atomic E-state index is 15.0. The summed E-state index contributed by atoms with van der Waals surface area (Å²) in [5, 5.41) is 4.59. The van der Waals surface area contributed by atoms with Gasteiger partial charge in [0, 0.05) is 49.9 Å². The zero-order valence-electron chi connectivity index (χ0n) is 20.7. The molecule has 0 radical (unpaired) electrons. The zero-order valence-corrected chi connectivity index (χ0v) is 20.7. The van der Waals surface area contributed by atoms with Crippen LogP contribution in [0.25, 0.3) is 16.9 Å². The molecule has 8 heteroatoms. The van der Waals surface area contributed by atoms with E-state index >= 15 is 4.39 Å². The molecule has 0 saturated carbocycles. The number of likely N-dealkylation sites (tertiary alicyclic amines) is 1. The van der Waals surface area contributed by atoms with Crippen molar-refractivity contribution in [3.63, 3.8) is 0 Å². The summed E-state index contributed by atoms with van der Waals surface area (Å²) in [5.41, 5.74) is 3.15. The van der Waals surface area contributed by atoms with Crippen molar-refractivity contribution in [2.75, 3.05) is 20.3 Å². The summed E-state index contributed by atoms with van der Waals surface area (Å²) in [6.07, 6.45) is 5.39. The summed E-state index contributed by atoms with van der Waals surface area (Å²) in [6.45, 7) is 5.19. The molecule has 4 rings (SSSR count). The number of carbonyl (C=O) groups is 2. The number of amides is 1. The maximum absolute atomic E-state index is 15.0. The van der Waals surface area contributed by atoms with Gasteiger partial charge >= 0.3 is 0 Å². The smallest absolute Gasteiger partial charge is 0.272 e. The Labute approximate surface area is 205 Å². The van der Waals surface area contributed by atoms with Gasteiger partial charge in [-0.25, -0.2) is 13.9 Å². The van der Waals surface area contributed by atoms with Crippen LogP contribution in [0.1, 0.15) is 67.7 Å². The van der Waals surface area contributed by atoms with E-state index in [2.05, 4.69) is 17.0 Å². The van der Waals surface area contributed by atoms with Crippen molar-refractivity contribution in [1.29, 1.82) is 0 Å². The van der Waals surface area contributed by atoms with Gasteiger partial charge in [-0.3, -0.25) is 9.59 Å². The second kappa shape index (κ2) is 11.1. The summed E-state index contributed by atoms with van der Waals surface area (Å²) in [5.74, 6) is -0.509. The van der Waals surface area contributed by atoms with Gasteiger partial charge in [-0.2, -0.15) is 5.10 Å². The van der Waals surface area contributed by atoms with Gasteiger partial charge < -0.3 is 9.64 Å². The summed E-state index contributed by atoms with van der Waals surface area (Å²) in [7, 11) is 1.55. The lowest BCUT2D eigenvalue weighted by Crippen LogP contribution is -2.38. The van der Waals surface area contributed by atoms with Crippen molar-refractivity contribution in [1.82, 2.24) is 19.5 Å². The molecule has 2 aromatic heterocycles. The van der Waals surface area contributed by atoms with E-state index in [0.29, 0.717) is 47.6 Å². The molecule has 186 valence electrons. The van der Waals surface area contributed by atoms with Gasteiger partial charge in [-0.15, -0.1) is 0 Å². The Morgan fingerprint density at radius 2 is 2.00 bits per heavy atom. The standard InChI is InChI=1S/C27H33FN4O3/c1-4-20-16-25(27(34)31-12-7-5-6-8-18(31)2)29-26-17-24(30-32(20)26)22-10-9-19(15-23(22)28)14-21(33)11-13-35-3/h9-10,15-18H,4-8,11-14H2,1-3H3. The molecular weight excluding hydrogens is 447 g/mol. The molecule has 1 saturated heterocycles. The van der Waals surface area contributed by atoms with Crippen LogP contribution in [0.2, 0.25) is 0 Å². The zero-order chi connectivity index (χ0) is 24.9. The second-order valence-electron chi connectivity index (χ2n) is 9.26. The van der Waals surface area contributed by atoms with E-state index in [1.807, 2.05) is 11.8 Å². The predicted molar refractivity (Wildman–Crippen MR) is 132 cm³/mol. The fraction of sp³-hybridized carbons (Fsp3) is 0.481. The SMILES string of the molecule is CCc1cc(C(=O)N2CCCCCC2C)nc2cc(-c3ccc(CC(=O)CCOC)cc3F)nn12. The third-order valence-electron chi connectivity index (χ3n) is 6.69. The highest BCUT2D eigenvalue weighted by atomic mass is 19.1. The fourth-order valence-corrected chi connectivity index (χ4v) is 4.66. The molecule has 0 spiro atoms. The van der Waals surface area contributed by atoms with Gasteiger partial charge in [0.1, 0.15) is 17.3 Å². The molecule has 0 N–H and O–H groups in total. The van der Waals surface area contributed by atoms with E-state index < -0.39 is 5.82 Å². The first kappa shape index (κ1) is 25.0. The highest BCUT2D eigenvalue weighted by Crippen LogP contribution is 2.26. The molecule has 3 aromatic rings. The van der Waals surface area contributed by atoms with Crippen molar-refractivity contribution in [2.45, 2.75) is 64.8 Å². The third-order valence-corrected chi connectivity index (χ3v) is 6.69. The van der Waals surface area contributed by atoms with Crippen LogP contribution >= 0.6 is 0 Å². The first-order valence-corrected chi connectivity index (χ1v) is 12.4. The van der Waals surface area contributed by atoms with Gasteiger partial charge in [0.2, 0.25) is 0 Å². The number of hydrogen-bond donors (Lipinski definition) is 0. The van der Waals surface area contributed by atoms with Crippen LogP contribution in [0, 0.1) is 5.82 Å². The van der Waals surface area contributed by atoms with Crippen molar-refractivity contribution >= 4 is 17.3 Å². The van der Waals surface area contributed by atoms with E-state index in [-0.39, 0.29) is 24.2 Å². The van der Waals surface area contributed by atoms with Crippen LogP contribution in [0.15, 0.2) is 30.3 Å². The number of ether oxygens (including phenoxy) is 1. The molecule has 1 unspecified atom stereocenters. The average Bonchev–Trinajstić information content (AvgIpc) is 3.15. The Morgan fingerprint density at radius 1 is 1.17 bits per heavy atom. The molecule has 0 bridgehead atoms. The lowest BCUT2D eigenvalue weighted by Gasteiger charge is -2.27. The van der Waals surface area contributed by atoms with Crippen molar-refractivity contribution in [3.05, 3.63) is 53.1 Å². The Balaban J connectivity index is 1.63. The number of methoxy groups -OCH3 is 1. The minimum Gasteiger partial charge on any atom is -0.384 e. The molecule has 1 amide bonds. The number of carbonyl (C=O) groups excluding carboxylic acids is 2. The summed E-state index contributed by atoms with van der Waals surface area (Å²) in [6, 6.07) is 8.47. The average molecular weight is 481 g/mol. The maximum Gasteiger partial charge on any atom is 0.272 e. The highest BCUT2D eigenvalue weighted by Gasteiger charge is 2.25. The molecule has 3 heterocycles. The van der Waals surface area contributed by atoms with Crippen LogP contribution < -0.4 is 0 Å². The van der Waals surface area contributed by atoms with Crippen molar-refractivity contribution in [3.8, 4) is 11.3 Å². The molecule has 35 heavy (non-hydrogen) atoms. The lowest BCUT2D eigenvalue weighted by atomic mass is 10.0. The van der Waals surface area contributed by atoms with E-state index in [1.54, 1.807) is 35.9 Å². The highest BCUT2D eigenvalue weighted by molar-refractivity contribution is 5.93. The van der Waals surface area contributed by atoms with Gasteiger partial charge in [0.05, 0.1) is 12.3 Å². The van der Waals surface area contributed by atoms with E-state index in [4.69, 9.17) is 4.74 Å². The van der Waals surface area contributed by atoms with Crippen LogP contribution in [-0.2, 0) is 22.4 Å². The molecule has 1 aromatic carbocycles. The molecular formula is C27H33FN4O3. The normalized spacial score (nSPS) is 16.5. The Kier molecular flexibility index (Phi) is 7.90. The molecule has 1 atom stereocenters. The van der Waals surface area contributed by atoms with Crippen LogP contribution in [0.3, 0.4) is 0 Å². The number of benzene rings is 1. The Morgan fingerprint density at radius 3 is 2.74 bits per heavy atom. The van der Waals surface area contributed by atoms with Gasteiger partial charge in [0.25, 0.3) is 5.91 Å². The number of rotatable bonds is 8. The number of halogens is 1. The number of aromatic nitrogens is 3. The molecule has 0 aliphatic carbocycles. The summed E-state index contributed by atoms with van der Waals surface area (Å²) < 4.78 is 21.6. The van der Waals surface area contributed by atoms with Crippen LogP contribution in [-0.4, -0.2) is 57.5 Å². The van der Waals surface area contributed by atoms with Crippen LogP contribution in [0.4, 0.5) is 4.39 Å².